The van der Waals surface area contributed by atoms with Gasteiger partial charge in [-0.2, -0.15) is 13.2 Å². The Morgan fingerprint density at radius 1 is 1.09 bits per heavy atom. The number of nitrogens with one attached hydrogen (secondary N) is 4. The molecule has 230 valence electrons. The number of amides is 1. The summed E-state index contributed by atoms with van der Waals surface area (Å²) >= 11 is 6.25. The number of carbonyl (C=O) groups is 1. The van der Waals surface area contributed by atoms with Crippen molar-refractivity contribution in [2.45, 2.75) is 69.4 Å². The lowest BCUT2D eigenvalue weighted by Gasteiger charge is -2.40. The summed E-state index contributed by atoms with van der Waals surface area (Å²) in [4.78, 5) is 31.2. The average Bonchev–Trinajstić information content (AvgIpc) is 3.66. The van der Waals surface area contributed by atoms with Gasteiger partial charge in [0.25, 0.3) is 5.56 Å². The van der Waals surface area contributed by atoms with Crippen molar-refractivity contribution in [3.05, 3.63) is 57.9 Å². The smallest absolute Gasteiger partial charge is 0.350 e. The Bertz CT molecular complexity index is 1540. The predicted molar refractivity (Wildman–Crippen MR) is 152 cm³/mol. The molecule has 0 radical (unpaired) electrons. The monoisotopic (exact) mass is 619 g/mol. The standard InChI is InChI=1S/C28H33ClF3N9O2/c1-15-3-2-4-23(20-9-16(7-8-33-20)26-21(12-35-38-26)36-27(15)43)40-14-34-19(11-25(40)42)18-10-17(29)5-6-22(18)41-13-24(37-39-41)28(30,31)32/h5-6,10-11,13-16,20-21,23,26,33,35,38H,2-4,7-9,12H2,1H3,(H,36,43)/t15-,16?,20?,21?,23+,26?/m1/s1. The summed E-state index contributed by atoms with van der Waals surface area (Å²) in [6.07, 6.45) is 1.47. The lowest BCUT2D eigenvalue weighted by Crippen LogP contribution is -2.55. The third kappa shape index (κ3) is 6.19. The molecule has 4 N–H and O–H groups in total. The number of piperidine rings is 1. The number of rotatable bonds is 3. The normalized spacial score (nSPS) is 28.4. The number of hydrogen-bond donors (Lipinski definition) is 4. The average molecular weight is 620 g/mol. The molecule has 0 spiro atoms. The van der Waals surface area contributed by atoms with Crippen molar-refractivity contribution >= 4 is 17.5 Å². The van der Waals surface area contributed by atoms with Crippen LogP contribution in [0.15, 0.2) is 41.6 Å². The molecule has 3 aliphatic heterocycles. The molecule has 2 aromatic heterocycles. The number of fused-ring (bicyclic) bond motifs is 4. The molecule has 3 saturated heterocycles. The van der Waals surface area contributed by atoms with Crippen LogP contribution in [-0.4, -0.2) is 61.7 Å². The number of alkyl halides is 3. The minimum atomic E-state index is -4.66. The van der Waals surface area contributed by atoms with E-state index in [0.717, 1.165) is 36.7 Å². The summed E-state index contributed by atoms with van der Waals surface area (Å²) in [6, 6.07) is 5.81. The van der Waals surface area contributed by atoms with Crippen molar-refractivity contribution in [3.8, 4) is 16.9 Å². The van der Waals surface area contributed by atoms with Crippen LogP contribution in [0.3, 0.4) is 0 Å². The van der Waals surface area contributed by atoms with Crippen LogP contribution in [0.25, 0.3) is 16.9 Å². The van der Waals surface area contributed by atoms with E-state index in [-0.39, 0.29) is 58.9 Å². The maximum Gasteiger partial charge on any atom is 0.436 e. The number of nitrogens with zero attached hydrogens (tertiary/aromatic N) is 5. The number of hydrogen-bond acceptors (Lipinski definition) is 8. The number of halogens is 4. The van der Waals surface area contributed by atoms with Crippen LogP contribution in [0.4, 0.5) is 13.2 Å². The summed E-state index contributed by atoms with van der Waals surface area (Å²) in [5.41, 5.74) is 5.98. The fourth-order valence-corrected chi connectivity index (χ4v) is 6.73. The summed E-state index contributed by atoms with van der Waals surface area (Å²) in [5, 5.41) is 14.1. The predicted octanol–water partition coefficient (Wildman–Crippen LogP) is 2.85. The molecule has 6 atom stereocenters. The molecule has 43 heavy (non-hydrogen) atoms. The Kier molecular flexibility index (Phi) is 8.28. The number of aromatic nitrogens is 5. The molecule has 0 aliphatic carbocycles. The van der Waals surface area contributed by atoms with E-state index in [1.54, 1.807) is 4.57 Å². The van der Waals surface area contributed by atoms with Gasteiger partial charge in [-0.3, -0.25) is 25.0 Å². The first kappa shape index (κ1) is 29.7. The second-order valence-electron chi connectivity index (χ2n) is 11.6. The largest absolute Gasteiger partial charge is 0.436 e. The van der Waals surface area contributed by atoms with Gasteiger partial charge >= 0.3 is 6.18 Å². The van der Waals surface area contributed by atoms with E-state index in [9.17, 15) is 22.8 Å². The molecule has 4 unspecified atom stereocenters. The molecule has 0 saturated carbocycles. The lowest BCUT2D eigenvalue weighted by atomic mass is 9.80. The minimum absolute atomic E-state index is 0.00949. The van der Waals surface area contributed by atoms with Crippen LogP contribution < -0.4 is 27.0 Å². The molecule has 3 aliphatic rings. The van der Waals surface area contributed by atoms with Crippen LogP contribution in [-0.2, 0) is 11.0 Å². The molecule has 3 aromatic rings. The van der Waals surface area contributed by atoms with Crippen molar-refractivity contribution in [2.75, 3.05) is 13.1 Å². The number of benzene rings is 1. The van der Waals surface area contributed by atoms with E-state index >= 15 is 0 Å². The minimum Gasteiger partial charge on any atom is -0.350 e. The Morgan fingerprint density at radius 2 is 1.93 bits per heavy atom. The van der Waals surface area contributed by atoms with Gasteiger partial charge in [-0.1, -0.05) is 30.2 Å². The molecule has 11 nitrogen and oxygen atoms in total. The topological polar surface area (TPSA) is 131 Å². The van der Waals surface area contributed by atoms with Crippen LogP contribution in [0.5, 0.6) is 0 Å². The summed E-state index contributed by atoms with van der Waals surface area (Å²) in [7, 11) is 0. The number of carbonyl (C=O) groups excluding carboxylic acids is 1. The van der Waals surface area contributed by atoms with Gasteiger partial charge in [0, 0.05) is 41.2 Å². The van der Waals surface area contributed by atoms with Gasteiger partial charge in [-0.05, 0) is 56.3 Å². The van der Waals surface area contributed by atoms with Gasteiger partial charge < -0.3 is 10.6 Å². The van der Waals surface area contributed by atoms with Crippen LogP contribution in [0.1, 0.15) is 50.8 Å². The molecule has 1 amide bonds. The van der Waals surface area contributed by atoms with Crippen molar-refractivity contribution in [3.63, 3.8) is 0 Å². The first-order valence-corrected chi connectivity index (χ1v) is 14.9. The van der Waals surface area contributed by atoms with Crippen LogP contribution in [0, 0.1) is 11.8 Å². The van der Waals surface area contributed by atoms with Crippen LogP contribution >= 0.6 is 11.6 Å². The van der Waals surface area contributed by atoms with Gasteiger partial charge in [-0.25, -0.2) is 9.67 Å². The maximum absolute atomic E-state index is 13.7. The molecule has 6 rings (SSSR count). The van der Waals surface area contributed by atoms with Gasteiger partial charge in [0.1, 0.15) is 0 Å². The highest BCUT2D eigenvalue weighted by molar-refractivity contribution is 6.31. The second-order valence-corrected chi connectivity index (χ2v) is 12.1. The molecule has 5 heterocycles. The van der Waals surface area contributed by atoms with Gasteiger partial charge in [0.15, 0.2) is 5.69 Å². The van der Waals surface area contributed by atoms with E-state index in [2.05, 4.69) is 36.8 Å². The van der Waals surface area contributed by atoms with Gasteiger partial charge in [0.05, 0.1) is 36.0 Å². The zero-order valence-electron chi connectivity index (χ0n) is 23.4. The zero-order chi connectivity index (χ0) is 30.3. The van der Waals surface area contributed by atoms with Crippen molar-refractivity contribution < 1.29 is 18.0 Å². The lowest BCUT2D eigenvalue weighted by molar-refractivity contribution is -0.141. The maximum atomic E-state index is 13.7. The highest BCUT2D eigenvalue weighted by Gasteiger charge is 2.40. The Labute approximate surface area is 250 Å². The number of hydrazine groups is 1. The zero-order valence-corrected chi connectivity index (χ0v) is 24.2. The molecular formula is C28H33ClF3N9O2. The van der Waals surface area contributed by atoms with Gasteiger partial charge in [0.2, 0.25) is 5.91 Å². The second kappa shape index (κ2) is 12.0. The molecule has 15 heteroatoms. The third-order valence-electron chi connectivity index (χ3n) is 8.85. The molecule has 2 bridgehead atoms. The highest BCUT2D eigenvalue weighted by Crippen LogP contribution is 2.33. The summed E-state index contributed by atoms with van der Waals surface area (Å²) in [6.45, 7) is 3.37. The van der Waals surface area contributed by atoms with Gasteiger partial charge in [-0.15, -0.1) is 5.10 Å². The molecular weight excluding hydrogens is 587 g/mol. The SMILES string of the molecule is C[C@@H]1CCC[C@H](n2cnc(-c3cc(Cl)ccc3-n3cc(C(F)(F)F)nn3)cc2=O)C2CC(CCN2)C2NNCC2NC1=O. The van der Waals surface area contributed by atoms with Crippen molar-refractivity contribution in [2.24, 2.45) is 11.8 Å². The van der Waals surface area contributed by atoms with Crippen molar-refractivity contribution in [1.29, 1.82) is 0 Å². The van der Waals surface area contributed by atoms with E-state index in [1.165, 1.54) is 30.6 Å². The van der Waals surface area contributed by atoms with E-state index in [1.807, 2.05) is 6.92 Å². The van der Waals surface area contributed by atoms with E-state index in [4.69, 9.17) is 11.6 Å². The highest BCUT2D eigenvalue weighted by atomic mass is 35.5. The van der Waals surface area contributed by atoms with Crippen molar-refractivity contribution in [1.82, 2.24) is 46.0 Å². The fourth-order valence-electron chi connectivity index (χ4n) is 6.56. The molecule has 1 aromatic carbocycles. The first-order chi connectivity index (χ1) is 20.6. The van der Waals surface area contributed by atoms with E-state index < -0.39 is 11.9 Å². The Balaban J connectivity index is 1.33. The van der Waals surface area contributed by atoms with Crippen LogP contribution in [0.2, 0.25) is 5.02 Å². The Morgan fingerprint density at radius 3 is 2.70 bits per heavy atom. The van der Waals surface area contributed by atoms with E-state index in [0.29, 0.717) is 30.0 Å². The third-order valence-corrected chi connectivity index (χ3v) is 9.08. The summed E-state index contributed by atoms with van der Waals surface area (Å²) < 4.78 is 42.2. The fraction of sp³-hybridized carbons (Fsp3) is 0.536. The Hall–Kier alpha value is -3.33. The summed E-state index contributed by atoms with van der Waals surface area (Å²) in [5.74, 6) is 0.158. The quantitative estimate of drug-likeness (QED) is 0.352. The molecule has 3 fully saturated rings. The first-order valence-electron chi connectivity index (χ1n) is 14.5.